The van der Waals surface area contributed by atoms with Crippen molar-refractivity contribution < 1.29 is 0 Å². The van der Waals surface area contributed by atoms with Gasteiger partial charge in [0.15, 0.2) is 4.34 Å². The van der Waals surface area contributed by atoms with Gasteiger partial charge in [0.05, 0.1) is 6.07 Å². The molecule has 0 amide bonds. The van der Waals surface area contributed by atoms with Crippen LogP contribution >= 0.6 is 23.3 Å². The number of hydrogen-bond donors (Lipinski definition) is 1. The van der Waals surface area contributed by atoms with Crippen molar-refractivity contribution >= 4 is 23.3 Å². The predicted octanol–water partition coefficient (Wildman–Crippen LogP) is 3.05. The van der Waals surface area contributed by atoms with Crippen LogP contribution in [0.25, 0.3) is 0 Å². The van der Waals surface area contributed by atoms with Crippen LogP contribution in [0.5, 0.6) is 0 Å². The summed E-state index contributed by atoms with van der Waals surface area (Å²) in [6, 6.07) is 12.3. The highest BCUT2D eigenvalue weighted by molar-refractivity contribution is 8.01. The first-order valence-corrected chi connectivity index (χ1v) is 8.18. The molecule has 2 aromatic rings. The van der Waals surface area contributed by atoms with Crippen LogP contribution in [0.1, 0.15) is 18.9 Å². The minimum Gasteiger partial charge on any atom is -0.295 e. The van der Waals surface area contributed by atoms with Crippen molar-refractivity contribution in [3.8, 4) is 6.07 Å². The van der Waals surface area contributed by atoms with Crippen LogP contribution in [0.3, 0.4) is 0 Å². The summed E-state index contributed by atoms with van der Waals surface area (Å²) < 4.78 is 4.88. The van der Waals surface area contributed by atoms with E-state index in [9.17, 15) is 5.26 Å². The summed E-state index contributed by atoms with van der Waals surface area (Å²) in [5, 5.41) is 13.1. The van der Waals surface area contributed by atoms with E-state index in [1.165, 1.54) is 11.5 Å². The highest BCUT2D eigenvalue weighted by atomic mass is 32.2. The number of thioether (sulfide) groups is 1. The Morgan fingerprint density at radius 1 is 1.40 bits per heavy atom. The van der Waals surface area contributed by atoms with Gasteiger partial charge in [-0.25, -0.2) is 4.98 Å². The zero-order valence-electron chi connectivity index (χ0n) is 11.2. The number of rotatable bonds is 7. The number of nitrogens with zero attached hydrogens (tertiary/aromatic N) is 3. The summed E-state index contributed by atoms with van der Waals surface area (Å²) in [5.74, 6) is 0.614. The van der Waals surface area contributed by atoms with E-state index in [2.05, 4.69) is 27.7 Å². The van der Waals surface area contributed by atoms with Crippen LogP contribution in [-0.4, -0.2) is 21.7 Å². The molecule has 0 aliphatic heterocycles. The monoisotopic (exact) mass is 304 g/mol. The second-order valence-corrected chi connectivity index (χ2v) is 6.31. The number of nitriles is 1. The zero-order chi connectivity index (χ0) is 14.3. The summed E-state index contributed by atoms with van der Waals surface area (Å²) in [7, 11) is 0. The van der Waals surface area contributed by atoms with Crippen LogP contribution in [-0.2, 0) is 5.54 Å². The van der Waals surface area contributed by atoms with Gasteiger partial charge in [0.1, 0.15) is 11.9 Å². The molecule has 1 heterocycles. The number of nitrogens with one attached hydrogen (secondary N) is 1. The number of aromatic nitrogens is 2. The van der Waals surface area contributed by atoms with Crippen LogP contribution in [0.4, 0.5) is 0 Å². The van der Waals surface area contributed by atoms with Gasteiger partial charge in [-0.2, -0.15) is 9.64 Å². The molecule has 1 aromatic carbocycles. The molecule has 0 aliphatic rings. The lowest BCUT2D eigenvalue weighted by Gasteiger charge is -2.27. The van der Waals surface area contributed by atoms with E-state index in [0.29, 0.717) is 5.75 Å². The summed E-state index contributed by atoms with van der Waals surface area (Å²) in [5.41, 5.74) is 0.307. The van der Waals surface area contributed by atoms with Crippen molar-refractivity contribution in [3.05, 3.63) is 42.2 Å². The van der Waals surface area contributed by atoms with Crippen molar-refractivity contribution in [2.75, 3.05) is 12.3 Å². The van der Waals surface area contributed by atoms with Gasteiger partial charge in [0.2, 0.25) is 0 Å². The fourth-order valence-corrected chi connectivity index (χ4v) is 3.42. The average molecular weight is 304 g/mol. The summed E-state index contributed by atoms with van der Waals surface area (Å²) in [6.45, 7) is 2.90. The van der Waals surface area contributed by atoms with Gasteiger partial charge in [-0.3, -0.25) is 5.32 Å². The van der Waals surface area contributed by atoms with Crippen LogP contribution < -0.4 is 5.32 Å². The van der Waals surface area contributed by atoms with Crippen molar-refractivity contribution in [2.24, 2.45) is 0 Å². The van der Waals surface area contributed by atoms with Gasteiger partial charge in [-0.1, -0.05) is 49.0 Å². The van der Waals surface area contributed by atoms with E-state index >= 15 is 0 Å². The molecular weight excluding hydrogens is 288 g/mol. The largest absolute Gasteiger partial charge is 0.295 e. The standard InChI is InChI=1S/C14H16N4S2/c1-2-8-17-14(9-15,12-6-4-3-5-7-12)10-19-13-16-11-18-20-13/h3-7,11,17H,2,8,10H2,1H3. The third-order valence-corrected chi connectivity index (χ3v) is 4.86. The van der Waals surface area contributed by atoms with E-state index in [0.717, 1.165) is 22.9 Å². The Morgan fingerprint density at radius 2 is 2.20 bits per heavy atom. The minimum atomic E-state index is -0.687. The molecule has 20 heavy (non-hydrogen) atoms. The van der Waals surface area contributed by atoms with Gasteiger partial charge < -0.3 is 0 Å². The molecule has 0 bridgehead atoms. The summed E-state index contributed by atoms with van der Waals surface area (Å²) in [4.78, 5) is 4.16. The minimum absolute atomic E-state index is 0.614. The van der Waals surface area contributed by atoms with Crippen molar-refractivity contribution in [1.29, 1.82) is 5.26 Å². The van der Waals surface area contributed by atoms with Crippen molar-refractivity contribution in [3.63, 3.8) is 0 Å². The summed E-state index contributed by atoms with van der Waals surface area (Å²) >= 11 is 2.92. The lowest BCUT2D eigenvalue weighted by molar-refractivity contribution is 0.474. The Hall–Kier alpha value is -1.42. The van der Waals surface area contributed by atoms with Gasteiger partial charge in [0.25, 0.3) is 0 Å². The quantitative estimate of drug-likeness (QED) is 0.797. The molecule has 6 heteroatoms. The highest BCUT2D eigenvalue weighted by Crippen LogP contribution is 2.29. The molecule has 1 N–H and O–H groups in total. The smallest absolute Gasteiger partial charge is 0.169 e. The highest BCUT2D eigenvalue weighted by Gasteiger charge is 2.32. The van der Waals surface area contributed by atoms with E-state index in [4.69, 9.17) is 0 Å². The van der Waals surface area contributed by atoms with E-state index in [1.807, 2.05) is 30.3 Å². The van der Waals surface area contributed by atoms with Gasteiger partial charge in [0, 0.05) is 5.75 Å². The third-order valence-electron chi connectivity index (χ3n) is 2.89. The van der Waals surface area contributed by atoms with Gasteiger partial charge in [-0.15, -0.1) is 0 Å². The lowest BCUT2D eigenvalue weighted by Crippen LogP contribution is -2.43. The molecule has 0 fully saturated rings. The maximum Gasteiger partial charge on any atom is 0.169 e. The van der Waals surface area contributed by atoms with Crippen LogP contribution in [0, 0.1) is 11.3 Å². The summed E-state index contributed by atoms with van der Waals surface area (Å²) in [6.07, 6.45) is 2.53. The Morgan fingerprint density at radius 3 is 2.80 bits per heavy atom. The predicted molar refractivity (Wildman–Crippen MR) is 82.7 cm³/mol. The van der Waals surface area contributed by atoms with E-state index in [1.54, 1.807) is 18.1 Å². The molecule has 2 rings (SSSR count). The van der Waals surface area contributed by atoms with Crippen molar-refractivity contribution in [2.45, 2.75) is 23.2 Å². The first-order valence-electron chi connectivity index (χ1n) is 6.42. The maximum absolute atomic E-state index is 9.73. The lowest BCUT2D eigenvalue weighted by atomic mass is 9.93. The van der Waals surface area contributed by atoms with Crippen molar-refractivity contribution in [1.82, 2.24) is 14.7 Å². The molecule has 0 saturated heterocycles. The Kier molecular flexibility index (Phi) is 5.53. The average Bonchev–Trinajstić information content (AvgIpc) is 3.02. The topological polar surface area (TPSA) is 61.6 Å². The van der Waals surface area contributed by atoms with Crippen LogP contribution in [0.2, 0.25) is 0 Å². The zero-order valence-corrected chi connectivity index (χ0v) is 12.9. The first-order chi connectivity index (χ1) is 9.80. The molecule has 1 unspecified atom stereocenters. The van der Waals surface area contributed by atoms with E-state index in [-0.39, 0.29) is 0 Å². The number of hydrogen-bond acceptors (Lipinski definition) is 6. The normalized spacial score (nSPS) is 13.6. The molecule has 4 nitrogen and oxygen atoms in total. The van der Waals surface area contributed by atoms with Gasteiger partial charge in [-0.05, 0) is 30.1 Å². The second kappa shape index (κ2) is 7.39. The van der Waals surface area contributed by atoms with Crippen LogP contribution in [0.15, 0.2) is 41.0 Å². The Bertz CT molecular complexity index is 550. The van der Waals surface area contributed by atoms with Gasteiger partial charge >= 0.3 is 0 Å². The molecule has 0 radical (unpaired) electrons. The first kappa shape index (κ1) is 15.0. The molecular formula is C14H16N4S2. The molecule has 0 spiro atoms. The SMILES string of the molecule is CCCNC(C#N)(CSc1ncns1)c1ccccc1. The fourth-order valence-electron chi connectivity index (χ4n) is 1.83. The Balaban J connectivity index is 2.21. The molecule has 1 atom stereocenters. The fraction of sp³-hybridized carbons (Fsp3) is 0.357. The van der Waals surface area contributed by atoms with E-state index < -0.39 is 5.54 Å². The molecule has 104 valence electrons. The molecule has 0 aliphatic carbocycles. The maximum atomic E-state index is 9.73. The Labute approximate surface area is 127 Å². The second-order valence-electron chi connectivity index (χ2n) is 4.31. The molecule has 0 saturated carbocycles. The molecule has 1 aromatic heterocycles. The number of benzene rings is 1. The third kappa shape index (κ3) is 3.57.